The number of aromatic nitrogens is 5. The molecular weight excluding hydrogens is 380 g/mol. The number of rotatable bonds is 4. The fourth-order valence-electron chi connectivity index (χ4n) is 3.09. The van der Waals surface area contributed by atoms with E-state index in [4.69, 9.17) is 0 Å². The number of amides is 1. The van der Waals surface area contributed by atoms with Crippen LogP contribution < -0.4 is 5.43 Å². The minimum atomic E-state index is -2.77. The topological polar surface area (TPSA) is 101 Å². The fourth-order valence-corrected chi connectivity index (χ4v) is 3.09. The van der Waals surface area contributed by atoms with Crippen LogP contribution in [0.4, 0.5) is 8.78 Å². The van der Waals surface area contributed by atoms with Crippen LogP contribution >= 0.6 is 0 Å². The number of nitrogens with zero attached hydrogens (tertiary/aromatic N) is 6. The number of aryl methyl sites for hydroxylation is 1. The van der Waals surface area contributed by atoms with E-state index < -0.39 is 12.3 Å². The van der Waals surface area contributed by atoms with Crippen LogP contribution in [0.2, 0.25) is 0 Å². The first kappa shape index (κ1) is 18.2. The Balaban J connectivity index is 1.98. The molecule has 4 aromatic rings. The van der Waals surface area contributed by atoms with Gasteiger partial charge in [0, 0.05) is 29.8 Å². The molecule has 1 aromatic carbocycles. The predicted molar refractivity (Wildman–Crippen MR) is 99.5 cm³/mol. The zero-order valence-corrected chi connectivity index (χ0v) is 15.0. The quantitative estimate of drug-likeness (QED) is 0.574. The summed E-state index contributed by atoms with van der Waals surface area (Å²) in [5.74, 6) is -0.787. The third-order valence-electron chi connectivity index (χ3n) is 4.31. The largest absolute Gasteiger partial charge is 0.309 e. The Labute approximate surface area is 163 Å². The van der Waals surface area contributed by atoms with Crippen LogP contribution in [0.15, 0.2) is 48.9 Å². The normalized spacial score (nSPS) is 11.0. The van der Waals surface area contributed by atoms with Gasteiger partial charge >= 0.3 is 5.91 Å². The van der Waals surface area contributed by atoms with Gasteiger partial charge in [0.1, 0.15) is 12.4 Å². The van der Waals surface area contributed by atoms with Gasteiger partial charge in [-0.1, -0.05) is 24.3 Å². The van der Waals surface area contributed by atoms with E-state index in [1.54, 1.807) is 25.2 Å². The van der Waals surface area contributed by atoms with E-state index in [1.807, 2.05) is 6.07 Å². The van der Waals surface area contributed by atoms with Crippen molar-refractivity contribution in [2.45, 2.75) is 6.43 Å². The number of halogens is 2. The van der Waals surface area contributed by atoms with E-state index in [-0.39, 0.29) is 33.9 Å². The SMILES string of the molecule is Cn1cnc(C(=O)Nn2c(-c3ccccc3C(F)F)c(C#N)c3cccnc32)n1. The molecule has 3 heterocycles. The van der Waals surface area contributed by atoms with Crippen LogP contribution in [0.25, 0.3) is 22.3 Å². The highest BCUT2D eigenvalue weighted by Crippen LogP contribution is 2.36. The van der Waals surface area contributed by atoms with E-state index in [0.29, 0.717) is 5.39 Å². The van der Waals surface area contributed by atoms with Crippen molar-refractivity contribution in [3.05, 3.63) is 65.9 Å². The van der Waals surface area contributed by atoms with E-state index in [9.17, 15) is 18.8 Å². The van der Waals surface area contributed by atoms with Crippen molar-refractivity contribution in [3.63, 3.8) is 0 Å². The fraction of sp³-hybridized carbons (Fsp3) is 0.105. The third-order valence-corrected chi connectivity index (χ3v) is 4.31. The summed E-state index contributed by atoms with van der Waals surface area (Å²) in [7, 11) is 1.61. The molecule has 0 radical (unpaired) electrons. The summed E-state index contributed by atoms with van der Waals surface area (Å²) in [6.45, 7) is 0. The summed E-state index contributed by atoms with van der Waals surface area (Å²) >= 11 is 0. The smallest absolute Gasteiger partial charge is 0.264 e. The molecule has 0 aliphatic heterocycles. The van der Waals surface area contributed by atoms with Gasteiger partial charge in [0.2, 0.25) is 5.82 Å². The number of hydrogen-bond acceptors (Lipinski definition) is 5. The first-order valence-corrected chi connectivity index (χ1v) is 8.45. The first-order valence-electron chi connectivity index (χ1n) is 8.45. The van der Waals surface area contributed by atoms with Crippen molar-refractivity contribution in [1.82, 2.24) is 24.4 Å². The number of carbonyl (C=O) groups excluding carboxylic acids is 1. The maximum atomic E-state index is 13.6. The van der Waals surface area contributed by atoms with Gasteiger partial charge in [0.25, 0.3) is 6.43 Å². The van der Waals surface area contributed by atoms with Gasteiger partial charge in [-0.05, 0) is 12.1 Å². The summed E-state index contributed by atoms with van der Waals surface area (Å²) in [5.41, 5.74) is 2.91. The molecule has 0 saturated carbocycles. The van der Waals surface area contributed by atoms with Gasteiger partial charge in [0.05, 0.1) is 11.3 Å². The molecule has 1 amide bonds. The summed E-state index contributed by atoms with van der Waals surface area (Å²) in [6.07, 6.45) is 0.0631. The molecule has 3 aromatic heterocycles. The lowest BCUT2D eigenvalue weighted by atomic mass is 10.0. The lowest BCUT2D eigenvalue weighted by Crippen LogP contribution is -2.25. The monoisotopic (exact) mass is 393 g/mol. The molecule has 0 spiro atoms. The van der Waals surface area contributed by atoms with Crippen LogP contribution in [-0.4, -0.2) is 30.3 Å². The second-order valence-electron chi connectivity index (χ2n) is 6.12. The molecular formula is C19H13F2N7O. The van der Waals surface area contributed by atoms with E-state index in [0.717, 1.165) is 0 Å². The minimum absolute atomic E-state index is 0.112. The molecule has 0 bridgehead atoms. The molecule has 1 N–H and O–H groups in total. The van der Waals surface area contributed by atoms with Crippen LogP contribution in [0.3, 0.4) is 0 Å². The molecule has 4 rings (SSSR count). The summed E-state index contributed by atoms with van der Waals surface area (Å²) in [6, 6.07) is 11.1. The Kier molecular flexibility index (Phi) is 4.48. The van der Waals surface area contributed by atoms with Crippen LogP contribution in [0, 0.1) is 11.3 Å². The lowest BCUT2D eigenvalue weighted by molar-refractivity contribution is 0.0998. The van der Waals surface area contributed by atoms with Gasteiger partial charge in [-0.15, -0.1) is 5.10 Å². The first-order chi connectivity index (χ1) is 14.0. The average molecular weight is 393 g/mol. The molecule has 144 valence electrons. The number of fused-ring (bicyclic) bond motifs is 1. The molecule has 0 aliphatic rings. The predicted octanol–water partition coefficient (Wildman–Crippen LogP) is 3.02. The zero-order chi connectivity index (χ0) is 20.5. The lowest BCUT2D eigenvalue weighted by Gasteiger charge is -2.14. The van der Waals surface area contributed by atoms with E-state index in [1.165, 1.54) is 40.1 Å². The van der Waals surface area contributed by atoms with Crippen molar-refractivity contribution < 1.29 is 13.6 Å². The van der Waals surface area contributed by atoms with Gasteiger partial charge in [-0.2, -0.15) is 5.26 Å². The molecule has 0 saturated heterocycles. The van der Waals surface area contributed by atoms with Crippen molar-refractivity contribution in [3.8, 4) is 17.3 Å². The Bertz CT molecular complexity index is 1270. The zero-order valence-electron chi connectivity index (χ0n) is 15.0. The Hall–Kier alpha value is -4.13. The Morgan fingerprint density at radius 2 is 2.00 bits per heavy atom. The minimum Gasteiger partial charge on any atom is -0.264 e. The summed E-state index contributed by atoms with van der Waals surface area (Å²) in [5, 5.41) is 14.1. The number of nitriles is 1. The van der Waals surface area contributed by atoms with E-state index in [2.05, 4.69) is 20.5 Å². The molecule has 0 aliphatic carbocycles. The van der Waals surface area contributed by atoms with Gasteiger partial charge in [-0.25, -0.2) is 23.4 Å². The maximum absolute atomic E-state index is 13.6. The standard InChI is InChI=1S/C19H13F2N7O/c1-27-10-24-17(25-27)19(29)26-28-15(11-5-2-3-6-12(11)16(20)21)14(9-22)13-7-4-8-23-18(13)28/h2-8,10,16H,1H3,(H,26,29). The van der Waals surface area contributed by atoms with Gasteiger partial charge in [0.15, 0.2) is 5.65 Å². The number of carbonyl (C=O) groups is 1. The number of benzene rings is 1. The highest BCUT2D eigenvalue weighted by molar-refractivity contribution is 6.00. The molecule has 10 heteroatoms. The highest BCUT2D eigenvalue weighted by Gasteiger charge is 2.25. The molecule has 0 unspecified atom stereocenters. The van der Waals surface area contributed by atoms with Crippen LogP contribution in [0.1, 0.15) is 28.2 Å². The second-order valence-corrected chi connectivity index (χ2v) is 6.12. The van der Waals surface area contributed by atoms with Gasteiger partial charge in [-0.3, -0.25) is 14.9 Å². The second kappa shape index (κ2) is 7.12. The maximum Gasteiger partial charge on any atom is 0.309 e. The van der Waals surface area contributed by atoms with Crippen molar-refractivity contribution >= 4 is 16.9 Å². The Morgan fingerprint density at radius 1 is 1.21 bits per heavy atom. The third kappa shape index (κ3) is 3.08. The summed E-state index contributed by atoms with van der Waals surface area (Å²) < 4.78 is 29.9. The highest BCUT2D eigenvalue weighted by atomic mass is 19.3. The van der Waals surface area contributed by atoms with E-state index >= 15 is 0 Å². The van der Waals surface area contributed by atoms with Crippen molar-refractivity contribution in [2.75, 3.05) is 5.43 Å². The number of alkyl halides is 2. The number of pyridine rings is 1. The summed E-state index contributed by atoms with van der Waals surface area (Å²) in [4.78, 5) is 20.8. The van der Waals surface area contributed by atoms with Crippen molar-refractivity contribution in [1.29, 1.82) is 5.26 Å². The molecule has 29 heavy (non-hydrogen) atoms. The average Bonchev–Trinajstić information content (AvgIpc) is 3.29. The van der Waals surface area contributed by atoms with Crippen LogP contribution in [-0.2, 0) is 7.05 Å². The Morgan fingerprint density at radius 3 is 2.69 bits per heavy atom. The van der Waals surface area contributed by atoms with Crippen molar-refractivity contribution in [2.24, 2.45) is 7.05 Å². The molecule has 8 nitrogen and oxygen atoms in total. The molecule has 0 fully saturated rings. The van der Waals surface area contributed by atoms with Crippen LogP contribution in [0.5, 0.6) is 0 Å². The van der Waals surface area contributed by atoms with Gasteiger partial charge < -0.3 is 0 Å². The number of nitrogens with one attached hydrogen (secondary N) is 1. The number of hydrogen-bond donors (Lipinski definition) is 1. The molecule has 0 atom stereocenters.